The summed E-state index contributed by atoms with van der Waals surface area (Å²) in [7, 11) is 1.30. The van der Waals surface area contributed by atoms with Gasteiger partial charge < -0.3 is 15.0 Å². The van der Waals surface area contributed by atoms with Crippen LogP contribution in [-0.4, -0.2) is 52.1 Å². The van der Waals surface area contributed by atoms with Gasteiger partial charge >= 0.3 is 6.03 Å². The number of carbonyl (C=O) groups excluding carboxylic acids is 3. The molecule has 0 aliphatic carbocycles. The zero-order valence-electron chi connectivity index (χ0n) is 17.2. The fourth-order valence-corrected chi connectivity index (χ4v) is 3.99. The fraction of sp³-hybridized carbons (Fsp3) is 0.182. The number of imide groups is 1. The van der Waals surface area contributed by atoms with Gasteiger partial charge in [0.05, 0.1) is 30.1 Å². The monoisotopic (exact) mass is 449 g/mol. The van der Waals surface area contributed by atoms with Crippen LogP contribution in [0.2, 0.25) is 0 Å². The number of hydrogen-bond acceptors (Lipinski definition) is 5. The molecule has 1 atom stereocenters. The number of aromatic nitrogens is 2. The summed E-state index contributed by atoms with van der Waals surface area (Å²) >= 11 is 0. The van der Waals surface area contributed by atoms with Crippen molar-refractivity contribution in [2.45, 2.75) is 12.1 Å². The Bertz CT molecular complexity index is 1480. The summed E-state index contributed by atoms with van der Waals surface area (Å²) in [6.07, 6.45) is 0. The zero-order chi connectivity index (χ0) is 23.3. The van der Waals surface area contributed by atoms with Crippen LogP contribution in [0.5, 0.6) is 5.75 Å². The molecule has 1 aromatic heterocycles. The lowest BCUT2D eigenvalue weighted by atomic mass is 9.99. The van der Waals surface area contributed by atoms with Crippen LogP contribution >= 0.6 is 0 Å². The maximum Gasteiger partial charge on any atom is 0.323 e. The third kappa shape index (κ3) is 3.20. The highest BCUT2D eigenvalue weighted by atomic mass is 19.1. The Morgan fingerprint density at radius 3 is 2.70 bits per heavy atom. The first-order chi connectivity index (χ1) is 15.8. The van der Waals surface area contributed by atoms with Crippen LogP contribution in [-0.2, 0) is 11.3 Å². The average Bonchev–Trinajstić information content (AvgIpc) is 3.41. The highest BCUT2D eigenvalue weighted by molar-refractivity contribution is 6.10. The van der Waals surface area contributed by atoms with Gasteiger partial charge in [0.15, 0.2) is 11.6 Å². The summed E-state index contributed by atoms with van der Waals surface area (Å²) in [4.78, 5) is 50.5. The van der Waals surface area contributed by atoms with Crippen LogP contribution in [0.15, 0.2) is 35.1 Å². The Kier molecular flexibility index (Phi) is 4.45. The van der Waals surface area contributed by atoms with Gasteiger partial charge in [0.2, 0.25) is 5.54 Å². The van der Waals surface area contributed by atoms with E-state index in [1.165, 1.54) is 18.1 Å². The second-order valence-corrected chi connectivity index (χ2v) is 7.68. The molecule has 2 aromatic carbocycles. The van der Waals surface area contributed by atoms with E-state index >= 15 is 0 Å². The van der Waals surface area contributed by atoms with Crippen molar-refractivity contribution in [3.05, 3.63) is 63.2 Å². The molecular weight excluding hydrogens is 433 g/mol. The van der Waals surface area contributed by atoms with E-state index in [0.717, 1.165) is 0 Å². The number of ether oxygens (including phenoxy) is 1. The molecule has 3 heterocycles. The van der Waals surface area contributed by atoms with E-state index in [2.05, 4.69) is 32.7 Å². The largest absolute Gasteiger partial charge is 0.494 e. The molecule has 2 aliphatic heterocycles. The smallest absolute Gasteiger partial charge is 0.323 e. The molecule has 0 unspecified atom stereocenters. The summed E-state index contributed by atoms with van der Waals surface area (Å²) in [6.45, 7) is -0.256. The van der Waals surface area contributed by atoms with E-state index in [1.54, 1.807) is 24.3 Å². The van der Waals surface area contributed by atoms with Crippen molar-refractivity contribution in [2.24, 2.45) is 0 Å². The van der Waals surface area contributed by atoms with Gasteiger partial charge in [-0.1, -0.05) is 17.9 Å². The molecule has 11 heteroatoms. The van der Waals surface area contributed by atoms with Gasteiger partial charge in [-0.2, -0.15) is 0 Å². The average molecular weight is 449 g/mol. The molecule has 10 nitrogen and oxygen atoms in total. The number of methoxy groups -OCH3 is 1. The Morgan fingerprint density at radius 2 is 1.97 bits per heavy atom. The van der Waals surface area contributed by atoms with E-state index in [0.29, 0.717) is 22.0 Å². The van der Waals surface area contributed by atoms with Crippen LogP contribution < -0.4 is 20.9 Å². The minimum Gasteiger partial charge on any atom is -0.494 e. The molecule has 4 amide bonds. The quantitative estimate of drug-likeness (QED) is 0.343. The van der Waals surface area contributed by atoms with Crippen molar-refractivity contribution in [2.75, 3.05) is 13.7 Å². The van der Waals surface area contributed by atoms with Crippen molar-refractivity contribution in [1.29, 1.82) is 0 Å². The van der Waals surface area contributed by atoms with E-state index in [1.807, 2.05) is 0 Å². The van der Waals surface area contributed by atoms with Crippen molar-refractivity contribution < 1.29 is 23.5 Å². The maximum atomic E-state index is 14.7. The molecule has 0 saturated carbocycles. The van der Waals surface area contributed by atoms with Crippen molar-refractivity contribution in [3.63, 3.8) is 0 Å². The lowest BCUT2D eigenvalue weighted by Crippen LogP contribution is -2.54. The first kappa shape index (κ1) is 20.3. The molecule has 0 bridgehead atoms. The number of nitrogens with one attached hydrogen (secondary N) is 4. The third-order valence-electron chi connectivity index (χ3n) is 5.64. The van der Waals surface area contributed by atoms with Crippen molar-refractivity contribution >= 4 is 28.7 Å². The molecule has 166 valence electrons. The maximum absolute atomic E-state index is 14.7. The third-order valence-corrected chi connectivity index (χ3v) is 5.64. The van der Waals surface area contributed by atoms with Crippen LogP contribution in [0.25, 0.3) is 10.9 Å². The van der Waals surface area contributed by atoms with Gasteiger partial charge in [0.1, 0.15) is 0 Å². The fourth-order valence-electron chi connectivity index (χ4n) is 3.99. The number of aromatic amines is 2. The molecule has 4 N–H and O–H groups in total. The van der Waals surface area contributed by atoms with Gasteiger partial charge in [-0.15, -0.1) is 0 Å². The van der Waals surface area contributed by atoms with Crippen LogP contribution in [0.4, 0.5) is 9.18 Å². The van der Waals surface area contributed by atoms with Gasteiger partial charge in [-0.3, -0.25) is 29.9 Å². The van der Waals surface area contributed by atoms with Crippen LogP contribution in [0.3, 0.4) is 0 Å². The van der Waals surface area contributed by atoms with E-state index < -0.39 is 29.2 Å². The summed E-state index contributed by atoms with van der Waals surface area (Å²) in [5, 5.41) is 10.3. The number of carbonyl (C=O) groups is 3. The molecule has 2 aliphatic rings. The molecule has 1 saturated heterocycles. The lowest BCUT2D eigenvalue weighted by Gasteiger charge is -2.26. The Balaban J connectivity index is 1.49. The van der Waals surface area contributed by atoms with E-state index in [-0.39, 0.29) is 30.0 Å². The van der Waals surface area contributed by atoms with Crippen LogP contribution in [0.1, 0.15) is 21.5 Å². The van der Waals surface area contributed by atoms with E-state index in [4.69, 9.17) is 4.74 Å². The predicted molar refractivity (Wildman–Crippen MR) is 113 cm³/mol. The molecular formula is C22H16FN5O5. The molecule has 0 radical (unpaired) electrons. The number of fused-ring (bicyclic) bond motifs is 2. The van der Waals surface area contributed by atoms with Gasteiger partial charge in [0.25, 0.3) is 17.4 Å². The summed E-state index contributed by atoms with van der Waals surface area (Å²) in [6, 6.07) is 7.03. The van der Waals surface area contributed by atoms with Crippen LogP contribution in [0, 0.1) is 17.7 Å². The number of H-pyrrole nitrogens is 2. The minimum absolute atomic E-state index is 0.0399. The molecule has 0 spiro atoms. The number of halogens is 1. The molecule has 5 rings (SSSR count). The zero-order valence-corrected chi connectivity index (χ0v) is 17.2. The standard InChI is InChI=1S/C22H16FN5O5/c1-33-15-5-3-12-9-28(19(30)16(12)17(15)23)10-22(20(31)24-21(32)25-22)7-6-11-2-4-13-14(8-11)26-27-18(13)29/h2-5,8H,9-10H2,1H3,(H2,26,27,29)(H2,24,25,31,32)/t22-/m1/s1. The number of urea groups is 1. The van der Waals surface area contributed by atoms with E-state index in [9.17, 15) is 23.6 Å². The summed E-state index contributed by atoms with van der Waals surface area (Å²) in [5.74, 6) is 3.38. The number of hydrogen-bond donors (Lipinski definition) is 4. The first-order valence-electron chi connectivity index (χ1n) is 9.83. The Hall–Kier alpha value is -4.59. The summed E-state index contributed by atoms with van der Waals surface area (Å²) in [5.41, 5.74) is -0.722. The number of rotatable bonds is 3. The minimum atomic E-state index is -1.74. The first-order valence-corrected chi connectivity index (χ1v) is 9.83. The number of amides is 4. The Labute approximate surface area is 185 Å². The second-order valence-electron chi connectivity index (χ2n) is 7.68. The number of nitrogens with zero attached hydrogens (tertiary/aromatic N) is 1. The SMILES string of the molecule is COc1ccc2c(c1F)C(=O)N(C[C@@]1(C#Cc3ccc4c(=O)[nH][nH]c4c3)NC(=O)NC1=O)C2. The second kappa shape index (κ2) is 7.23. The predicted octanol–water partition coefficient (Wildman–Crippen LogP) is 0.590. The van der Waals surface area contributed by atoms with Gasteiger partial charge in [-0.05, 0) is 29.8 Å². The molecule has 1 fully saturated rings. The summed E-state index contributed by atoms with van der Waals surface area (Å²) < 4.78 is 19.6. The topological polar surface area (TPSA) is 136 Å². The van der Waals surface area contributed by atoms with Gasteiger partial charge in [0, 0.05) is 12.1 Å². The number of benzene rings is 2. The van der Waals surface area contributed by atoms with Crippen molar-refractivity contribution in [1.82, 2.24) is 25.7 Å². The molecule has 3 aromatic rings. The normalized spacial score (nSPS) is 19.2. The Morgan fingerprint density at radius 1 is 1.15 bits per heavy atom. The van der Waals surface area contributed by atoms with Gasteiger partial charge in [-0.25, -0.2) is 9.18 Å². The lowest BCUT2D eigenvalue weighted by molar-refractivity contribution is -0.122. The highest BCUT2D eigenvalue weighted by Gasteiger charge is 2.48. The molecule has 33 heavy (non-hydrogen) atoms. The highest BCUT2D eigenvalue weighted by Crippen LogP contribution is 2.32. The van der Waals surface area contributed by atoms with Crippen molar-refractivity contribution in [3.8, 4) is 17.6 Å².